The Hall–Kier alpha value is -2.11. The molecular weight excluding hydrogens is 334 g/mol. The average molecular weight is 356 g/mol. The molecule has 130 valence electrons. The van der Waals surface area contributed by atoms with E-state index in [1.807, 2.05) is 30.3 Å². The smallest absolute Gasteiger partial charge is 0.154 e. The van der Waals surface area contributed by atoms with Crippen molar-refractivity contribution in [3.63, 3.8) is 0 Å². The molecule has 2 aliphatic heterocycles. The molecule has 2 N–H and O–H groups in total. The summed E-state index contributed by atoms with van der Waals surface area (Å²) in [6, 6.07) is 9.72. The molecule has 6 heteroatoms. The lowest BCUT2D eigenvalue weighted by molar-refractivity contribution is 0.336. The Morgan fingerprint density at radius 2 is 2.00 bits per heavy atom. The molecule has 0 saturated carbocycles. The van der Waals surface area contributed by atoms with Gasteiger partial charge in [-0.25, -0.2) is 4.98 Å². The van der Waals surface area contributed by atoms with E-state index in [1.54, 1.807) is 6.20 Å². The first-order valence-corrected chi connectivity index (χ1v) is 9.23. The van der Waals surface area contributed by atoms with Crippen LogP contribution in [0.3, 0.4) is 0 Å². The van der Waals surface area contributed by atoms with Crippen molar-refractivity contribution in [1.29, 1.82) is 0 Å². The third-order valence-electron chi connectivity index (χ3n) is 4.65. The molecule has 2 aromatic rings. The third-order valence-corrected chi connectivity index (χ3v) is 4.89. The van der Waals surface area contributed by atoms with Crippen LogP contribution in [-0.4, -0.2) is 41.9 Å². The first kappa shape index (κ1) is 16.4. The van der Waals surface area contributed by atoms with E-state index in [4.69, 9.17) is 16.6 Å². The van der Waals surface area contributed by atoms with E-state index in [0.29, 0.717) is 5.02 Å². The molecule has 1 aromatic heterocycles. The molecule has 4 rings (SSSR count). The summed E-state index contributed by atoms with van der Waals surface area (Å²) in [5.41, 5.74) is 2.87. The number of nitrogens with one attached hydrogen (secondary N) is 2. The summed E-state index contributed by atoms with van der Waals surface area (Å²) in [7, 11) is 0. The molecule has 3 heterocycles. The van der Waals surface area contributed by atoms with Crippen molar-refractivity contribution in [2.24, 2.45) is 4.99 Å². The highest BCUT2D eigenvalue weighted by Crippen LogP contribution is 2.31. The van der Waals surface area contributed by atoms with Crippen molar-refractivity contribution in [1.82, 2.24) is 9.88 Å². The number of hydrogen-bond acceptors (Lipinski definition) is 4. The van der Waals surface area contributed by atoms with Crippen LogP contribution in [0, 0.1) is 0 Å². The van der Waals surface area contributed by atoms with E-state index in [-0.39, 0.29) is 0 Å². The van der Waals surface area contributed by atoms with Crippen LogP contribution < -0.4 is 10.6 Å². The molecule has 25 heavy (non-hydrogen) atoms. The van der Waals surface area contributed by atoms with Crippen LogP contribution in [0.25, 0.3) is 0 Å². The van der Waals surface area contributed by atoms with Crippen molar-refractivity contribution in [2.75, 3.05) is 36.8 Å². The van der Waals surface area contributed by atoms with Gasteiger partial charge in [-0.3, -0.25) is 4.99 Å². The molecule has 1 saturated heterocycles. The van der Waals surface area contributed by atoms with Crippen LogP contribution in [0.5, 0.6) is 0 Å². The first-order valence-electron chi connectivity index (χ1n) is 8.85. The minimum atomic E-state index is 0.700. The summed E-state index contributed by atoms with van der Waals surface area (Å²) in [5.74, 6) is 1.64. The minimum absolute atomic E-state index is 0.700. The minimum Gasteiger partial charge on any atom is -0.338 e. The zero-order chi connectivity index (χ0) is 17.1. The van der Waals surface area contributed by atoms with Crippen LogP contribution in [0.4, 0.5) is 17.2 Å². The first-order chi connectivity index (χ1) is 12.3. The number of likely N-dealkylation sites (tertiary alicyclic amines) is 1. The van der Waals surface area contributed by atoms with E-state index in [0.717, 1.165) is 48.1 Å². The summed E-state index contributed by atoms with van der Waals surface area (Å²) in [5, 5.41) is 7.50. The van der Waals surface area contributed by atoms with Gasteiger partial charge in [-0.05, 0) is 69.2 Å². The summed E-state index contributed by atoms with van der Waals surface area (Å²) < 4.78 is 0. The van der Waals surface area contributed by atoms with Crippen molar-refractivity contribution < 1.29 is 0 Å². The van der Waals surface area contributed by atoms with Crippen LogP contribution in [-0.2, 0) is 0 Å². The van der Waals surface area contributed by atoms with Crippen LogP contribution in [0.15, 0.2) is 41.5 Å². The Labute approximate surface area is 153 Å². The number of aromatic nitrogens is 1. The second-order valence-corrected chi connectivity index (χ2v) is 6.91. The fraction of sp³-hybridized carbons (Fsp3) is 0.368. The van der Waals surface area contributed by atoms with Gasteiger partial charge in [0.1, 0.15) is 5.84 Å². The lowest BCUT2D eigenvalue weighted by Gasteiger charge is -2.14. The van der Waals surface area contributed by atoms with Gasteiger partial charge in [-0.1, -0.05) is 11.6 Å². The van der Waals surface area contributed by atoms with Gasteiger partial charge < -0.3 is 15.5 Å². The Balaban J connectivity index is 1.56. The molecule has 0 radical (unpaired) electrons. The summed E-state index contributed by atoms with van der Waals surface area (Å²) in [6.07, 6.45) is 5.50. The van der Waals surface area contributed by atoms with Gasteiger partial charge in [0.2, 0.25) is 0 Å². The van der Waals surface area contributed by atoms with E-state index < -0.39 is 0 Å². The van der Waals surface area contributed by atoms with Gasteiger partial charge in [0, 0.05) is 23.3 Å². The fourth-order valence-electron chi connectivity index (χ4n) is 3.37. The highest BCUT2D eigenvalue weighted by molar-refractivity contribution is 6.31. The molecule has 2 aliphatic rings. The van der Waals surface area contributed by atoms with Crippen molar-refractivity contribution >= 4 is 34.6 Å². The number of aliphatic imine (C=N–C) groups is 1. The van der Waals surface area contributed by atoms with E-state index >= 15 is 0 Å². The zero-order valence-corrected chi connectivity index (χ0v) is 14.9. The Morgan fingerprint density at radius 1 is 1.12 bits per heavy atom. The predicted molar refractivity (Wildman–Crippen MR) is 104 cm³/mol. The van der Waals surface area contributed by atoms with Gasteiger partial charge in [0.15, 0.2) is 5.82 Å². The highest BCUT2D eigenvalue weighted by Gasteiger charge is 2.18. The molecule has 1 fully saturated rings. The van der Waals surface area contributed by atoms with E-state index in [1.165, 1.54) is 25.9 Å². The second kappa shape index (κ2) is 7.42. The van der Waals surface area contributed by atoms with E-state index in [2.05, 4.69) is 20.5 Å². The fourth-order valence-corrected chi connectivity index (χ4v) is 3.54. The second-order valence-electron chi connectivity index (χ2n) is 6.47. The number of rotatable bonds is 4. The number of amidine groups is 1. The predicted octanol–water partition coefficient (Wildman–Crippen LogP) is 4.14. The Kier molecular flexibility index (Phi) is 4.85. The molecule has 1 aromatic carbocycles. The maximum atomic E-state index is 6.22. The van der Waals surface area contributed by atoms with Crippen LogP contribution in [0.1, 0.15) is 24.8 Å². The molecule has 0 amide bonds. The Bertz CT molecular complexity index is 783. The number of pyridine rings is 1. The summed E-state index contributed by atoms with van der Waals surface area (Å²) in [4.78, 5) is 11.8. The maximum absolute atomic E-state index is 6.22. The topological polar surface area (TPSA) is 52.5 Å². The molecule has 0 spiro atoms. The van der Waals surface area contributed by atoms with Gasteiger partial charge in [-0.2, -0.15) is 0 Å². The van der Waals surface area contributed by atoms with E-state index in [9.17, 15) is 0 Å². The SMILES string of the molecule is Clc1ccc2c(c1)C(=NCCCN1CCCC1)Nc1cccnc1N2. The molecular formula is C19H22ClN5. The quantitative estimate of drug-likeness (QED) is 0.809. The third kappa shape index (κ3) is 3.78. The number of hydrogen-bond donors (Lipinski definition) is 2. The summed E-state index contributed by atoms with van der Waals surface area (Å²) in [6.45, 7) is 4.38. The summed E-state index contributed by atoms with van der Waals surface area (Å²) >= 11 is 6.22. The number of nitrogens with zero attached hydrogens (tertiary/aromatic N) is 3. The molecule has 0 bridgehead atoms. The molecule has 5 nitrogen and oxygen atoms in total. The number of benzene rings is 1. The van der Waals surface area contributed by atoms with Crippen molar-refractivity contribution in [3.8, 4) is 0 Å². The standard InChI is InChI=1S/C19H22ClN5/c20-14-6-7-16-15(13-14)18(21-9-4-12-25-10-1-2-11-25)24-17-5-3-8-22-19(17)23-16/h3,5-8,13H,1-2,4,9-12H2,(H,21,24)(H,22,23). The number of anilines is 3. The van der Waals surface area contributed by atoms with Crippen LogP contribution in [0.2, 0.25) is 5.02 Å². The average Bonchev–Trinajstić information content (AvgIpc) is 3.08. The van der Waals surface area contributed by atoms with Gasteiger partial charge in [0.25, 0.3) is 0 Å². The lowest BCUT2D eigenvalue weighted by atomic mass is 10.1. The van der Waals surface area contributed by atoms with Gasteiger partial charge >= 0.3 is 0 Å². The molecule has 0 unspecified atom stereocenters. The Morgan fingerprint density at radius 3 is 2.88 bits per heavy atom. The maximum Gasteiger partial charge on any atom is 0.154 e. The van der Waals surface area contributed by atoms with Crippen molar-refractivity contribution in [3.05, 3.63) is 47.1 Å². The number of fused-ring (bicyclic) bond motifs is 2. The number of halogens is 1. The highest BCUT2D eigenvalue weighted by atomic mass is 35.5. The van der Waals surface area contributed by atoms with Gasteiger partial charge in [-0.15, -0.1) is 0 Å². The monoisotopic (exact) mass is 355 g/mol. The normalized spacial score (nSPS) is 18.2. The largest absolute Gasteiger partial charge is 0.338 e. The van der Waals surface area contributed by atoms with Crippen molar-refractivity contribution in [2.45, 2.75) is 19.3 Å². The zero-order valence-electron chi connectivity index (χ0n) is 14.1. The van der Waals surface area contributed by atoms with Gasteiger partial charge in [0.05, 0.1) is 11.4 Å². The molecule has 0 aliphatic carbocycles. The lowest BCUT2D eigenvalue weighted by Crippen LogP contribution is -2.21. The van der Waals surface area contributed by atoms with Crippen LogP contribution >= 0.6 is 11.6 Å². The molecule has 0 atom stereocenters.